The van der Waals surface area contributed by atoms with Crippen LogP contribution in [0.4, 0.5) is 5.69 Å². The van der Waals surface area contributed by atoms with Crippen LogP contribution in [0.2, 0.25) is 5.02 Å². The van der Waals surface area contributed by atoms with Crippen molar-refractivity contribution in [1.29, 1.82) is 0 Å². The minimum absolute atomic E-state index is 0.215. The standard InChI is InChI=1S/C28H22ClN3O4/c1-2-18-11-14-20(15-12-18)31-26(33)27(34)32-30-17-23-21-8-4-3-7-19(21)13-16-25(23)36-28(35)22-9-5-6-10-24(22)29/h3-17H,2H2,1H3,(H,31,33)(H,32,34). The number of halogens is 1. The minimum atomic E-state index is -0.944. The maximum Gasteiger partial charge on any atom is 0.345 e. The smallest absolute Gasteiger partial charge is 0.345 e. The van der Waals surface area contributed by atoms with Crippen molar-refractivity contribution < 1.29 is 19.1 Å². The predicted molar refractivity (Wildman–Crippen MR) is 141 cm³/mol. The molecule has 8 heteroatoms. The van der Waals surface area contributed by atoms with E-state index < -0.39 is 17.8 Å². The Balaban J connectivity index is 1.52. The van der Waals surface area contributed by atoms with Crippen LogP contribution < -0.4 is 15.5 Å². The lowest BCUT2D eigenvalue weighted by Crippen LogP contribution is -2.32. The second-order valence-electron chi connectivity index (χ2n) is 7.77. The number of amides is 2. The topological polar surface area (TPSA) is 96.9 Å². The fourth-order valence-electron chi connectivity index (χ4n) is 3.50. The van der Waals surface area contributed by atoms with Gasteiger partial charge in [0.05, 0.1) is 16.8 Å². The maximum atomic E-state index is 12.7. The van der Waals surface area contributed by atoms with Gasteiger partial charge in [-0.05, 0) is 53.1 Å². The third-order valence-corrected chi connectivity index (χ3v) is 5.74. The van der Waals surface area contributed by atoms with Gasteiger partial charge in [-0.25, -0.2) is 10.2 Å². The van der Waals surface area contributed by atoms with Gasteiger partial charge in [0.2, 0.25) is 0 Å². The normalized spacial score (nSPS) is 10.8. The van der Waals surface area contributed by atoms with E-state index in [0.29, 0.717) is 11.3 Å². The van der Waals surface area contributed by atoms with Crippen LogP contribution in [0, 0.1) is 0 Å². The SMILES string of the molecule is CCc1ccc(NC(=O)C(=O)NN=Cc2c(OC(=O)c3ccccc3Cl)ccc3ccccc23)cc1. The van der Waals surface area contributed by atoms with Gasteiger partial charge in [-0.3, -0.25) is 9.59 Å². The van der Waals surface area contributed by atoms with Crippen molar-refractivity contribution >= 4 is 52.1 Å². The molecule has 0 atom stereocenters. The quantitative estimate of drug-likeness (QED) is 0.123. The number of nitrogens with one attached hydrogen (secondary N) is 2. The number of carbonyl (C=O) groups excluding carboxylic acids is 3. The van der Waals surface area contributed by atoms with Gasteiger partial charge >= 0.3 is 17.8 Å². The second kappa shape index (κ2) is 11.3. The molecule has 0 fully saturated rings. The summed E-state index contributed by atoms with van der Waals surface area (Å²) < 4.78 is 5.62. The van der Waals surface area contributed by atoms with Crippen molar-refractivity contribution in [1.82, 2.24) is 5.43 Å². The van der Waals surface area contributed by atoms with Crippen LogP contribution in [-0.2, 0) is 16.0 Å². The van der Waals surface area contributed by atoms with Crippen LogP contribution in [0.1, 0.15) is 28.4 Å². The number of carbonyl (C=O) groups is 3. The molecular weight excluding hydrogens is 478 g/mol. The fourth-order valence-corrected chi connectivity index (χ4v) is 3.71. The van der Waals surface area contributed by atoms with E-state index in [9.17, 15) is 14.4 Å². The average molecular weight is 500 g/mol. The number of nitrogens with zero attached hydrogens (tertiary/aromatic N) is 1. The number of benzene rings is 4. The van der Waals surface area contributed by atoms with Crippen LogP contribution in [0.3, 0.4) is 0 Å². The third-order valence-electron chi connectivity index (χ3n) is 5.41. The molecule has 0 radical (unpaired) electrons. The molecule has 0 heterocycles. The zero-order valence-electron chi connectivity index (χ0n) is 19.3. The lowest BCUT2D eigenvalue weighted by atomic mass is 10.0. The molecule has 4 aromatic carbocycles. The Morgan fingerprint density at radius 3 is 2.36 bits per heavy atom. The molecule has 0 aliphatic carbocycles. The molecule has 7 nitrogen and oxygen atoms in total. The number of hydrogen-bond acceptors (Lipinski definition) is 5. The van der Waals surface area contributed by atoms with Gasteiger partial charge in [0.1, 0.15) is 5.75 Å². The maximum absolute atomic E-state index is 12.7. The molecule has 2 N–H and O–H groups in total. The van der Waals surface area contributed by atoms with Gasteiger partial charge in [0.15, 0.2) is 0 Å². The van der Waals surface area contributed by atoms with E-state index >= 15 is 0 Å². The molecular formula is C28H22ClN3O4. The van der Waals surface area contributed by atoms with Gasteiger partial charge in [0.25, 0.3) is 0 Å². The summed E-state index contributed by atoms with van der Waals surface area (Å²) in [4.78, 5) is 37.3. The molecule has 0 aliphatic heterocycles. The summed E-state index contributed by atoms with van der Waals surface area (Å²) in [5.74, 6) is -2.22. The Morgan fingerprint density at radius 1 is 0.889 bits per heavy atom. The van der Waals surface area contributed by atoms with E-state index in [1.807, 2.05) is 43.3 Å². The average Bonchev–Trinajstić information content (AvgIpc) is 2.90. The molecule has 0 saturated carbocycles. The monoisotopic (exact) mass is 499 g/mol. The van der Waals surface area contributed by atoms with Crippen molar-refractivity contribution in [3.63, 3.8) is 0 Å². The molecule has 0 saturated heterocycles. The van der Waals surface area contributed by atoms with Crippen LogP contribution in [-0.4, -0.2) is 24.0 Å². The first-order chi connectivity index (χ1) is 17.5. The van der Waals surface area contributed by atoms with Crippen molar-refractivity contribution in [3.05, 3.63) is 107 Å². The number of esters is 1. The first-order valence-corrected chi connectivity index (χ1v) is 11.6. The van der Waals surface area contributed by atoms with Crippen LogP contribution in [0.25, 0.3) is 10.8 Å². The zero-order valence-corrected chi connectivity index (χ0v) is 20.1. The van der Waals surface area contributed by atoms with Crippen molar-refractivity contribution in [2.45, 2.75) is 13.3 Å². The molecule has 4 rings (SSSR count). The molecule has 0 bridgehead atoms. The summed E-state index contributed by atoms with van der Waals surface area (Å²) >= 11 is 6.13. The zero-order chi connectivity index (χ0) is 25.5. The Morgan fingerprint density at radius 2 is 1.61 bits per heavy atom. The lowest BCUT2D eigenvalue weighted by molar-refractivity contribution is -0.136. The summed E-state index contributed by atoms with van der Waals surface area (Å²) in [5.41, 5.74) is 4.49. The number of anilines is 1. The third kappa shape index (κ3) is 5.76. The summed E-state index contributed by atoms with van der Waals surface area (Å²) in [6.07, 6.45) is 2.20. The summed E-state index contributed by atoms with van der Waals surface area (Å²) in [6.45, 7) is 2.03. The van der Waals surface area contributed by atoms with E-state index in [1.165, 1.54) is 6.21 Å². The summed E-state index contributed by atoms with van der Waals surface area (Å²) in [7, 11) is 0. The Bertz CT molecular complexity index is 1470. The first kappa shape index (κ1) is 24.6. The molecule has 0 unspecified atom stereocenters. The largest absolute Gasteiger partial charge is 0.422 e. The van der Waals surface area contributed by atoms with E-state index in [0.717, 1.165) is 22.8 Å². The van der Waals surface area contributed by atoms with Gasteiger partial charge in [-0.1, -0.05) is 73.1 Å². The van der Waals surface area contributed by atoms with E-state index in [4.69, 9.17) is 16.3 Å². The van der Waals surface area contributed by atoms with Gasteiger partial charge in [-0.15, -0.1) is 0 Å². The van der Waals surface area contributed by atoms with Gasteiger partial charge in [0, 0.05) is 11.3 Å². The predicted octanol–water partition coefficient (Wildman–Crippen LogP) is 5.36. The first-order valence-electron chi connectivity index (χ1n) is 11.2. The number of hydrazone groups is 1. The number of ether oxygens (including phenoxy) is 1. The summed E-state index contributed by atoms with van der Waals surface area (Å²) in [5, 5.41) is 8.34. The van der Waals surface area contributed by atoms with Crippen LogP contribution >= 0.6 is 11.6 Å². The van der Waals surface area contributed by atoms with Crippen molar-refractivity contribution in [2.24, 2.45) is 5.10 Å². The lowest BCUT2D eigenvalue weighted by Gasteiger charge is -2.11. The van der Waals surface area contributed by atoms with Gasteiger partial charge in [-0.2, -0.15) is 5.10 Å². The van der Waals surface area contributed by atoms with E-state index in [1.54, 1.807) is 48.5 Å². The Kier molecular flexibility index (Phi) is 7.72. The Hall–Kier alpha value is -4.49. The highest BCUT2D eigenvalue weighted by Gasteiger charge is 2.16. The summed E-state index contributed by atoms with van der Waals surface area (Å²) in [6, 6.07) is 24.6. The van der Waals surface area contributed by atoms with E-state index in [-0.39, 0.29) is 16.3 Å². The van der Waals surface area contributed by atoms with Crippen molar-refractivity contribution in [2.75, 3.05) is 5.32 Å². The molecule has 0 spiro atoms. The molecule has 0 aliphatic rings. The molecule has 36 heavy (non-hydrogen) atoms. The highest BCUT2D eigenvalue weighted by atomic mass is 35.5. The fraction of sp³-hybridized carbons (Fsp3) is 0.0714. The number of rotatable bonds is 6. The van der Waals surface area contributed by atoms with E-state index in [2.05, 4.69) is 15.8 Å². The molecule has 2 amide bonds. The van der Waals surface area contributed by atoms with Crippen molar-refractivity contribution in [3.8, 4) is 5.75 Å². The minimum Gasteiger partial charge on any atom is -0.422 e. The number of aryl methyl sites for hydroxylation is 1. The molecule has 4 aromatic rings. The van der Waals surface area contributed by atoms with Crippen LogP contribution in [0.5, 0.6) is 5.75 Å². The van der Waals surface area contributed by atoms with Crippen LogP contribution in [0.15, 0.2) is 90.0 Å². The highest BCUT2D eigenvalue weighted by Crippen LogP contribution is 2.28. The van der Waals surface area contributed by atoms with Gasteiger partial charge < -0.3 is 10.1 Å². The number of hydrogen-bond donors (Lipinski definition) is 2. The second-order valence-corrected chi connectivity index (χ2v) is 8.18. The highest BCUT2D eigenvalue weighted by molar-refractivity contribution is 6.39. The Labute approximate surface area is 212 Å². The molecule has 180 valence electrons. The molecule has 0 aromatic heterocycles. The number of fused-ring (bicyclic) bond motifs is 1.